The third-order valence-electron chi connectivity index (χ3n) is 4.17. The summed E-state index contributed by atoms with van der Waals surface area (Å²) in [5.74, 6) is -1.32. The van der Waals surface area contributed by atoms with E-state index in [0.29, 0.717) is 19.1 Å². The molecule has 2 N–H and O–H groups in total. The quantitative estimate of drug-likeness (QED) is 0.795. The lowest BCUT2D eigenvalue weighted by Gasteiger charge is -2.43. The van der Waals surface area contributed by atoms with Gasteiger partial charge in [0.25, 0.3) is 0 Å². The zero-order valence-electron chi connectivity index (χ0n) is 12.2. The smallest absolute Gasteiger partial charge is 0.324 e. The predicted octanol–water partition coefficient (Wildman–Crippen LogP) is 0.648. The summed E-state index contributed by atoms with van der Waals surface area (Å²) in [7, 11) is 0. The highest BCUT2D eigenvalue weighted by Gasteiger charge is 2.31. The molecule has 21 heavy (non-hydrogen) atoms. The zero-order chi connectivity index (χ0) is 15.2. The molecule has 0 spiro atoms. The Morgan fingerprint density at radius 3 is 2.67 bits per heavy atom. The van der Waals surface area contributed by atoms with Gasteiger partial charge in [-0.2, -0.15) is 0 Å². The van der Waals surface area contributed by atoms with Crippen molar-refractivity contribution in [1.29, 1.82) is 0 Å². The van der Waals surface area contributed by atoms with Crippen molar-refractivity contribution in [3.63, 3.8) is 0 Å². The number of nitrogens with one attached hydrogen (secondary N) is 1. The zero-order valence-corrected chi connectivity index (χ0v) is 12.2. The van der Waals surface area contributed by atoms with Crippen LogP contribution in [-0.2, 0) is 9.59 Å². The highest BCUT2D eigenvalue weighted by Crippen LogP contribution is 2.20. The molecule has 2 heterocycles. The first-order valence-corrected chi connectivity index (χ1v) is 7.61. The number of piperidine rings is 1. The number of aliphatic carboxylic acids is 1. The number of rotatable bonds is 4. The molecule has 2 fully saturated rings. The van der Waals surface area contributed by atoms with E-state index < -0.39 is 11.9 Å². The number of carboxylic acid groups (broad SMARTS) is 1. The van der Waals surface area contributed by atoms with Gasteiger partial charge in [0.1, 0.15) is 0 Å². The number of hydrogen-bond donors (Lipinski definition) is 2. The van der Waals surface area contributed by atoms with Crippen LogP contribution in [0.5, 0.6) is 0 Å². The topological polar surface area (TPSA) is 89.9 Å². The molecule has 1 atom stereocenters. The molecular formula is C14H23N3O4. The van der Waals surface area contributed by atoms with E-state index in [0.717, 1.165) is 19.5 Å². The largest absolute Gasteiger partial charge is 0.481 e. The van der Waals surface area contributed by atoms with Crippen LogP contribution >= 0.6 is 0 Å². The lowest BCUT2D eigenvalue weighted by Crippen LogP contribution is -2.58. The molecule has 2 rings (SSSR count). The van der Waals surface area contributed by atoms with Gasteiger partial charge in [0.2, 0.25) is 5.91 Å². The van der Waals surface area contributed by atoms with Gasteiger partial charge in [-0.1, -0.05) is 6.42 Å². The first-order valence-electron chi connectivity index (χ1n) is 7.61. The van der Waals surface area contributed by atoms with Gasteiger partial charge >= 0.3 is 12.0 Å². The second-order valence-corrected chi connectivity index (χ2v) is 5.73. The molecule has 0 saturated carbocycles. The van der Waals surface area contributed by atoms with Gasteiger partial charge in [-0.3, -0.25) is 19.8 Å². The minimum atomic E-state index is -0.928. The second-order valence-electron chi connectivity index (χ2n) is 5.73. The predicted molar refractivity (Wildman–Crippen MR) is 75.8 cm³/mol. The number of carboxylic acids is 1. The van der Waals surface area contributed by atoms with Gasteiger partial charge in [-0.05, 0) is 25.8 Å². The molecule has 0 bridgehead atoms. The van der Waals surface area contributed by atoms with E-state index >= 15 is 0 Å². The van der Waals surface area contributed by atoms with E-state index in [1.54, 1.807) is 4.90 Å². The number of nitrogens with zero attached hydrogens (tertiary/aromatic N) is 2. The summed E-state index contributed by atoms with van der Waals surface area (Å²) in [5, 5.41) is 10.9. The first-order chi connectivity index (χ1) is 10.1. The van der Waals surface area contributed by atoms with Gasteiger partial charge in [0.15, 0.2) is 0 Å². The fourth-order valence-electron chi connectivity index (χ4n) is 3.00. The Morgan fingerprint density at radius 1 is 1.10 bits per heavy atom. The van der Waals surface area contributed by atoms with E-state index in [4.69, 9.17) is 5.11 Å². The molecule has 7 heteroatoms. The van der Waals surface area contributed by atoms with Crippen molar-refractivity contribution in [1.82, 2.24) is 15.1 Å². The maximum Gasteiger partial charge on any atom is 0.324 e. The molecular weight excluding hydrogens is 274 g/mol. The molecule has 0 aliphatic carbocycles. The van der Waals surface area contributed by atoms with E-state index in [-0.39, 0.29) is 25.3 Å². The van der Waals surface area contributed by atoms with E-state index in [1.807, 2.05) is 0 Å². The first kappa shape index (κ1) is 15.8. The van der Waals surface area contributed by atoms with Crippen molar-refractivity contribution in [2.45, 2.75) is 44.6 Å². The third-order valence-corrected chi connectivity index (χ3v) is 4.17. The molecule has 118 valence electrons. The highest BCUT2D eigenvalue weighted by atomic mass is 16.4. The second kappa shape index (κ2) is 7.40. The van der Waals surface area contributed by atoms with Crippen LogP contribution in [0.25, 0.3) is 0 Å². The number of fused-ring (bicyclic) bond motifs is 1. The summed E-state index contributed by atoms with van der Waals surface area (Å²) >= 11 is 0. The Balaban J connectivity index is 1.73. The Morgan fingerprint density at radius 2 is 1.90 bits per heavy atom. The maximum atomic E-state index is 12.0. The summed E-state index contributed by atoms with van der Waals surface area (Å²) < 4.78 is 0. The molecule has 2 aliphatic rings. The van der Waals surface area contributed by atoms with E-state index in [9.17, 15) is 14.4 Å². The maximum absolute atomic E-state index is 12.0. The summed E-state index contributed by atoms with van der Waals surface area (Å²) in [4.78, 5) is 38.1. The van der Waals surface area contributed by atoms with Crippen molar-refractivity contribution in [3.05, 3.63) is 0 Å². The molecule has 0 radical (unpaired) electrons. The molecule has 0 aromatic carbocycles. The van der Waals surface area contributed by atoms with Crippen LogP contribution in [0.3, 0.4) is 0 Å². The van der Waals surface area contributed by atoms with Gasteiger partial charge in [-0.25, -0.2) is 4.79 Å². The lowest BCUT2D eigenvalue weighted by molar-refractivity contribution is -0.137. The van der Waals surface area contributed by atoms with Crippen molar-refractivity contribution in [2.75, 3.05) is 26.2 Å². The number of piperazine rings is 1. The monoisotopic (exact) mass is 297 g/mol. The number of carbonyl (C=O) groups excluding carboxylic acids is 2. The Bertz CT molecular complexity index is 413. The van der Waals surface area contributed by atoms with Crippen molar-refractivity contribution in [2.24, 2.45) is 0 Å². The summed E-state index contributed by atoms with van der Waals surface area (Å²) in [5.41, 5.74) is 0. The Labute approximate surface area is 124 Å². The molecule has 2 aliphatic heterocycles. The van der Waals surface area contributed by atoms with Crippen LogP contribution in [0, 0.1) is 0 Å². The fraction of sp³-hybridized carbons (Fsp3) is 0.786. The van der Waals surface area contributed by atoms with Gasteiger partial charge in [-0.15, -0.1) is 0 Å². The Kier molecular flexibility index (Phi) is 5.55. The molecule has 0 aromatic heterocycles. The Hall–Kier alpha value is -1.63. The normalized spacial score (nSPS) is 22.5. The van der Waals surface area contributed by atoms with Gasteiger partial charge in [0, 0.05) is 38.5 Å². The molecule has 0 aromatic rings. The summed E-state index contributed by atoms with van der Waals surface area (Å²) in [6.07, 6.45) is 3.81. The number of amides is 3. The number of imide groups is 1. The molecule has 3 amide bonds. The number of urea groups is 1. The van der Waals surface area contributed by atoms with Crippen molar-refractivity contribution in [3.8, 4) is 0 Å². The van der Waals surface area contributed by atoms with Crippen LogP contribution < -0.4 is 5.32 Å². The van der Waals surface area contributed by atoms with Crippen LogP contribution in [0.1, 0.15) is 38.5 Å². The number of hydrogen-bond acceptors (Lipinski definition) is 4. The SMILES string of the molecule is O=C(O)CCCC(=O)NC(=O)N1CCN2CCCCC2C1. The lowest BCUT2D eigenvalue weighted by atomic mass is 10.00. The van der Waals surface area contributed by atoms with Crippen LogP contribution in [0.15, 0.2) is 0 Å². The van der Waals surface area contributed by atoms with Crippen molar-refractivity contribution >= 4 is 17.9 Å². The summed E-state index contributed by atoms with van der Waals surface area (Å²) in [6.45, 7) is 3.29. The summed E-state index contributed by atoms with van der Waals surface area (Å²) in [6, 6.07) is 0.0703. The van der Waals surface area contributed by atoms with Crippen LogP contribution in [-0.4, -0.2) is 65.0 Å². The van der Waals surface area contributed by atoms with Crippen LogP contribution in [0.2, 0.25) is 0 Å². The molecule has 7 nitrogen and oxygen atoms in total. The third kappa shape index (κ3) is 4.70. The highest BCUT2D eigenvalue weighted by molar-refractivity contribution is 5.94. The average molecular weight is 297 g/mol. The minimum absolute atomic E-state index is 0.0532. The van der Waals surface area contributed by atoms with Gasteiger partial charge in [0.05, 0.1) is 0 Å². The molecule has 2 saturated heterocycles. The minimum Gasteiger partial charge on any atom is -0.481 e. The van der Waals surface area contributed by atoms with Crippen molar-refractivity contribution < 1.29 is 19.5 Å². The number of carbonyl (C=O) groups is 3. The molecule has 1 unspecified atom stereocenters. The van der Waals surface area contributed by atoms with Crippen LogP contribution in [0.4, 0.5) is 4.79 Å². The average Bonchev–Trinajstić information content (AvgIpc) is 2.46. The standard InChI is InChI=1S/C14H23N3O4/c18-12(5-3-6-13(19)20)15-14(21)17-9-8-16-7-2-1-4-11(16)10-17/h11H,1-10H2,(H,19,20)(H,15,18,21). The van der Waals surface area contributed by atoms with E-state index in [2.05, 4.69) is 10.2 Å². The fourth-order valence-corrected chi connectivity index (χ4v) is 3.00. The van der Waals surface area contributed by atoms with E-state index in [1.165, 1.54) is 12.8 Å². The van der Waals surface area contributed by atoms with Gasteiger partial charge < -0.3 is 10.0 Å².